The predicted octanol–water partition coefficient (Wildman–Crippen LogP) is 3.64. The Balaban J connectivity index is 1.59. The number of rotatable bonds is 6. The fraction of sp³-hybridized carbons (Fsp3) is 0.381. The van der Waals surface area contributed by atoms with E-state index in [1.54, 1.807) is 26.4 Å². The topological polar surface area (TPSA) is 48.0 Å². The number of nitrogens with zero attached hydrogens (tertiary/aromatic N) is 1. The molecule has 5 heteroatoms. The SMILES string of the molecule is COc1cccc(OC)c1C(=O)N1CCC(COc2ccccc2)CC1. The standard InChI is InChI=1S/C21H25NO4/c1-24-18-9-6-10-19(25-2)20(18)21(23)22-13-11-16(12-14-22)15-26-17-7-4-3-5-8-17/h3-10,16H,11-15H2,1-2H3. The number of carbonyl (C=O) groups excluding carboxylic acids is 1. The molecule has 0 N–H and O–H groups in total. The van der Waals surface area contributed by atoms with Crippen LogP contribution in [0.4, 0.5) is 0 Å². The molecule has 0 unspecified atom stereocenters. The summed E-state index contributed by atoms with van der Waals surface area (Å²) in [5.41, 5.74) is 0.497. The van der Waals surface area contributed by atoms with Crippen LogP contribution in [0.15, 0.2) is 48.5 Å². The first-order valence-electron chi connectivity index (χ1n) is 8.91. The summed E-state index contributed by atoms with van der Waals surface area (Å²) in [6, 6.07) is 15.2. The normalized spacial score (nSPS) is 14.8. The van der Waals surface area contributed by atoms with E-state index < -0.39 is 0 Å². The third-order valence-corrected chi connectivity index (χ3v) is 4.77. The predicted molar refractivity (Wildman–Crippen MR) is 100 cm³/mol. The van der Waals surface area contributed by atoms with Crippen molar-refractivity contribution >= 4 is 5.91 Å². The van der Waals surface area contributed by atoms with Crippen molar-refractivity contribution in [2.75, 3.05) is 33.9 Å². The highest BCUT2D eigenvalue weighted by atomic mass is 16.5. The first-order valence-corrected chi connectivity index (χ1v) is 8.91. The van der Waals surface area contributed by atoms with Crippen molar-refractivity contribution in [2.45, 2.75) is 12.8 Å². The van der Waals surface area contributed by atoms with Gasteiger partial charge in [-0.3, -0.25) is 4.79 Å². The summed E-state index contributed by atoms with van der Waals surface area (Å²) in [4.78, 5) is 14.9. The molecule has 1 fully saturated rings. The molecular weight excluding hydrogens is 330 g/mol. The second-order valence-corrected chi connectivity index (χ2v) is 6.40. The van der Waals surface area contributed by atoms with E-state index in [1.165, 1.54) is 0 Å². The van der Waals surface area contributed by atoms with E-state index in [4.69, 9.17) is 14.2 Å². The largest absolute Gasteiger partial charge is 0.496 e. The van der Waals surface area contributed by atoms with Crippen LogP contribution in [0.3, 0.4) is 0 Å². The first kappa shape index (κ1) is 18.1. The highest BCUT2D eigenvalue weighted by Crippen LogP contribution is 2.31. The van der Waals surface area contributed by atoms with Gasteiger partial charge in [0.2, 0.25) is 0 Å². The molecule has 0 bridgehead atoms. The average molecular weight is 355 g/mol. The molecule has 2 aromatic carbocycles. The number of piperidine rings is 1. The zero-order valence-electron chi connectivity index (χ0n) is 15.3. The lowest BCUT2D eigenvalue weighted by molar-refractivity contribution is 0.0654. The lowest BCUT2D eigenvalue weighted by Gasteiger charge is -2.32. The van der Waals surface area contributed by atoms with Gasteiger partial charge in [0.1, 0.15) is 22.8 Å². The molecule has 0 atom stereocenters. The van der Waals surface area contributed by atoms with Gasteiger partial charge in [-0.15, -0.1) is 0 Å². The van der Waals surface area contributed by atoms with E-state index in [0.29, 0.717) is 42.7 Å². The summed E-state index contributed by atoms with van der Waals surface area (Å²) in [5.74, 6) is 2.40. The molecular formula is C21H25NO4. The Morgan fingerprint density at radius 2 is 1.58 bits per heavy atom. The molecule has 0 aliphatic carbocycles. The smallest absolute Gasteiger partial charge is 0.261 e. The molecule has 3 rings (SSSR count). The number of methoxy groups -OCH3 is 2. The highest BCUT2D eigenvalue weighted by molar-refractivity contribution is 5.99. The Morgan fingerprint density at radius 3 is 2.15 bits per heavy atom. The van der Waals surface area contributed by atoms with Gasteiger partial charge in [0, 0.05) is 13.1 Å². The molecule has 26 heavy (non-hydrogen) atoms. The van der Waals surface area contributed by atoms with E-state index >= 15 is 0 Å². The van der Waals surface area contributed by atoms with Gasteiger partial charge in [0.25, 0.3) is 5.91 Å². The van der Waals surface area contributed by atoms with Crippen molar-refractivity contribution in [1.82, 2.24) is 4.90 Å². The molecule has 1 saturated heterocycles. The molecule has 1 aliphatic heterocycles. The molecule has 0 saturated carbocycles. The van der Waals surface area contributed by atoms with Gasteiger partial charge in [-0.1, -0.05) is 24.3 Å². The summed E-state index contributed by atoms with van der Waals surface area (Å²) in [7, 11) is 3.14. The number of para-hydroxylation sites is 1. The molecule has 1 amide bonds. The van der Waals surface area contributed by atoms with Crippen molar-refractivity contribution in [1.29, 1.82) is 0 Å². The molecule has 1 heterocycles. The van der Waals surface area contributed by atoms with E-state index in [2.05, 4.69) is 0 Å². The van der Waals surface area contributed by atoms with Crippen molar-refractivity contribution < 1.29 is 19.0 Å². The summed E-state index contributed by atoms with van der Waals surface area (Å²) >= 11 is 0. The Kier molecular flexibility index (Phi) is 6.00. The summed E-state index contributed by atoms with van der Waals surface area (Å²) < 4.78 is 16.6. The maximum Gasteiger partial charge on any atom is 0.261 e. The third-order valence-electron chi connectivity index (χ3n) is 4.77. The number of hydrogen-bond acceptors (Lipinski definition) is 4. The van der Waals surface area contributed by atoms with Gasteiger partial charge in [0.05, 0.1) is 20.8 Å². The number of ether oxygens (including phenoxy) is 3. The number of amides is 1. The van der Waals surface area contributed by atoms with Crippen LogP contribution in [-0.4, -0.2) is 44.7 Å². The number of likely N-dealkylation sites (tertiary alicyclic amines) is 1. The lowest BCUT2D eigenvalue weighted by atomic mass is 9.97. The van der Waals surface area contributed by atoms with Gasteiger partial charge in [-0.05, 0) is 43.0 Å². The Labute approximate surface area is 154 Å². The maximum absolute atomic E-state index is 13.0. The molecule has 138 valence electrons. The molecule has 0 aromatic heterocycles. The van der Waals surface area contributed by atoms with Crippen molar-refractivity contribution in [2.24, 2.45) is 5.92 Å². The molecule has 2 aromatic rings. The number of hydrogen-bond donors (Lipinski definition) is 0. The molecule has 5 nitrogen and oxygen atoms in total. The van der Waals surface area contributed by atoms with Gasteiger partial charge in [-0.2, -0.15) is 0 Å². The number of benzene rings is 2. The fourth-order valence-corrected chi connectivity index (χ4v) is 3.25. The Morgan fingerprint density at radius 1 is 0.962 bits per heavy atom. The average Bonchev–Trinajstić information content (AvgIpc) is 2.72. The quantitative estimate of drug-likeness (QED) is 0.794. The monoisotopic (exact) mass is 355 g/mol. The van der Waals surface area contributed by atoms with Crippen LogP contribution >= 0.6 is 0 Å². The third kappa shape index (κ3) is 4.10. The van der Waals surface area contributed by atoms with Crippen LogP contribution in [0.2, 0.25) is 0 Å². The van der Waals surface area contributed by atoms with Crippen LogP contribution in [0, 0.1) is 5.92 Å². The van der Waals surface area contributed by atoms with Gasteiger partial charge < -0.3 is 19.1 Å². The van der Waals surface area contributed by atoms with E-state index in [1.807, 2.05) is 41.3 Å². The zero-order chi connectivity index (χ0) is 18.4. The summed E-state index contributed by atoms with van der Waals surface area (Å²) in [5, 5.41) is 0. The Hall–Kier alpha value is -2.69. The lowest BCUT2D eigenvalue weighted by Crippen LogP contribution is -2.40. The van der Waals surface area contributed by atoms with Crippen LogP contribution in [-0.2, 0) is 0 Å². The zero-order valence-corrected chi connectivity index (χ0v) is 15.3. The van der Waals surface area contributed by atoms with Crippen LogP contribution < -0.4 is 14.2 Å². The second-order valence-electron chi connectivity index (χ2n) is 6.40. The highest BCUT2D eigenvalue weighted by Gasteiger charge is 2.28. The van der Waals surface area contributed by atoms with Gasteiger partial charge in [-0.25, -0.2) is 0 Å². The van der Waals surface area contributed by atoms with Crippen LogP contribution in [0.25, 0.3) is 0 Å². The summed E-state index contributed by atoms with van der Waals surface area (Å²) in [6.07, 6.45) is 1.85. The minimum atomic E-state index is -0.0401. The second kappa shape index (κ2) is 8.61. The van der Waals surface area contributed by atoms with Crippen molar-refractivity contribution in [3.05, 3.63) is 54.1 Å². The molecule has 0 radical (unpaired) electrons. The molecule has 0 spiro atoms. The van der Waals surface area contributed by atoms with Crippen LogP contribution in [0.1, 0.15) is 23.2 Å². The van der Waals surface area contributed by atoms with E-state index in [-0.39, 0.29) is 5.91 Å². The minimum Gasteiger partial charge on any atom is -0.496 e. The van der Waals surface area contributed by atoms with E-state index in [0.717, 1.165) is 18.6 Å². The van der Waals surface area contributed by atoms with Gasteiger partial charge in [0.15, 0.2) is 0 Å². The fourth-order valence-electron chi connectivity index (χ4n) is 3.25. The minimum absolute atomic E-state index is 0.0401. The van der Waals surface area contributed by atoms with Crippen LogP contribution in [0.5, 0.6) is 17.2 Å². The number of carbonyl (C=O) groups is 1. The molecule has 1 aliphatic rings. The van der Waals surface area contributed by atoms with E-state index in [9.17, 15) is 4.79 Å². The maximum atomic E-state index is 13.0. The first-order chi connectivity index (χ1) is 12.7. The van der Waals surface area contributed by atoms with Crippen molar-refractivity contribution in [3.8, 4) is 17.2 Å². The van der Waals surface area contributed by atoms with Gasteiger partial charge >= 0.3 is 0 Å². The summed E-state index contributed by atoms with van der Waals surface area (Å²) in [6.45, 7) is 2.11. The Bertz CT molecular complexity index is 702. The van der Waals surface area contributed by atoms with Crippen molar-refractivity contribution in [3.63, 3.8) is 0 Å².